The zero-order valence-electron chi connectivity index (χ0n) is 18.1. The zero-order chi connectivity index (χ0) is 23.9. The zero-order valence-corrected chi connectivity index (χ0v) is 19.7. The molecule has 3 aromatic heterocycles. The lowest BCUT2D eigenvalue weighted by Gasteiger charge is -2.15. The van der Waals surface area contributed by atoms with E-state index in [1.807, 2.05) is 31.2 Å². The summed E-state index contributed by atoms with van der Waals surface area (Å²) in [5, 5.41) is 13.1. The number of anilines is 1. The van der Waals surface area contributed by atoms with Crippen molar-refractivity contribution in [1.82, 2.24) is 15.0 Å². The third-order valence-electron chi connectivity index (χ3n) is 5.53. The molecule has 0 bridgehead atoms. The Morgan fingerprint density at radius 3 is 2.74 bits per heavy atom. The molecule has 1 aliphatic rings. The number of nitrogens with one attached hydrogen (secondary N) is 1. The van der Waals surface area contributed by atoms with Gasteiger partial charge in [-0.1, -0.05) is 35.6 Å². The smallest absolute Gasteiger partial charge is 0.414 e. The number of carboxylic acids is 1. The Kier molecular flexibility index (Phi) is 5.55. The van der Waals surface area contributed by atoms with Crippen LogP contribution in [0.15, 0.2) is 35.1 Å². The number of ether oxygens (including phenoxy) is 1. The Labute approximate surface area is 201 Å². The minimum atomic E-state index is -0.844. The number of carbonyl (C=O) groups is 2. The number of nitrogens with zero attached hydrogens (tertiary/aromatic N) is 3. The molecule has 172 valence electrons. The normalized spacial score (nSPS) is 14.8. The van der Waals surface area contributed by atoms with E-state index in [1.165, 1.54) is 29.1 Å². The Bertz CT molecular complexity index is 1440. The maximum Gasteiger partial charge on any atom is 0.414 e. The van der Waals surface area contributed by atoms with Crippen molar-refractivity contribution in [3.05, 3.63) is 57.5 Å². The second kappa shape index (κ2) is 8.55. The molecule has 4 aromatic rings. The van der Waals surface area contributed by atoms with E-state index in [2.05, 4.69) is 32.1 Å². The molecular formula is C23H18N4O5S2. The number of aromatic nitrogens is 3. The van der Waals surface area contributed by atoms with E-state index in [0.717, 1.165) is 15.1 Å². The van der Waals surface area contributed by atoms with E-state index in [4.69, 9.17) is 9.15 Å². The first kappa shape index (κ1) is 22.1. The number of aliphatic carboxylic acids is 1. The van der Waals surface area contributed by atoms with Crippen LogP contribution in [0.5, 0.6) is 0 Å². The molecule has 1 aromatic carbocycles. The highest BCUT2D eigenvalue weighted by molar-refractivity contribution is 7.38. The molecular weight excluding hydrogens is 476 g/mol. The number of rotatable bonds is 5. The lowest BCUT2D eigenvalue weighted by molar-refractivity contribution is -0.140. The van der Waals surface area contributed by atoms with Crippen LogP contribution in [0.25, 0.3) is 9.66 Å². The molecule has 0 saturated heterocycles. The van der Waals surface area contributed by atoms with Crippen LogP contribution in [0.1, 0.15) is 52.7 Å². The van der Waals surface area contributed by atoms with Crippen LogP contribution in [-0.2, 0) is 14.9 Å². The number of thiazole rings is 2. The fourth-order valence-corrected chi connectivity index (χ4v) is 5.68. The largest absolute Gasteiger partial charge is 0.481 e. The molecule has 34 heavy (non-hydrogen) atoms. The molecule has 1 amide bonds. The second-order valence-electron chi connectivity index (χ2n) is 7.85. The van der Waals surface area contributed by atoms with Gasteiger partial charge in [0.15, 0.2) is 22.7 Å². The Balaban J connectivity index is 1.27. The minimum absolute atomic E-state index is 0.0744. The van der Waals surface area contributed by atoms with Gasteiger partial charge in [-0.2, -0.15) is 0 Å². The number of carboxylic acid groups (broad SMARTS) is 1. The van der Waals surface area contributed by atoms with Crippen molar-refractivity contribution in [3.63, 3.8) is 0 Å². The van der Waals surface area contributed by atoms with Crippen LogP contribution in [-0.4, -0.2) is 32.1 Å². The van der Waals surface area contributed by atoms with Gasteiger partial charge in [-0.15, -0.1) is 11.3 Å². The number of benzene rings is 1. The van der Waals surface area contributed by atoms with Crippen molar-refractivity contribution in [1.29, 1.82) is 0 Å². The highest BCUT2D eigenvalue weighted by Gasteiger charge is 2.54. The Morgan fingerprint density at radius 2 is 2.03 bits per heavy atom. The van der Waals surface area contributed by atoms with E-state index in [9.17, 15) is 14.7 Å². The summed E-state index contributed by atoms with van der Waals surface area (Å²) in [7, 11) is 0. The number of carbonyl (C=O) groups excluding carboxylic acids is 1. The van der Waals surface area contributed by atoms with Crippen LogP contribution in [0.3, 0.4) is 0 Å². The van der Waals surface area contributed by atoms with Crippen molar-refractivity contribution in [2.75, 3.05) is 5.32 Å². The van der Waals surface area contributed by atoms with Crippen molar-refractivity contribution < 1.29 is 23.8 Å². The Morgan fingerprint density at radius 1 is 1.24 bits per heavy atom. The minimum Gasteiger partial charge on any atom is -0.481 e. The predicted molar refractivity (Wildman–Crippen MR) is 126 cm³/mol. The van der Waals surface area contributed by atoms with Crippen molar-refractivity contribution in [2.24, 2.45) is 0 Å². The summed E-state index contributed by atoms with van der Waals surface area (Å²) in [6, 6.07) is 7.67. The lowest BCUT2D eigenvalue weighted by Crippen LogP contribution is -2.18. The topological polar surface area (TPSA) is 127 Å². The van der Waals surface area contributed by atoms with Gasteiger partial charge >= 0.3 is 12.1 Å². The SMILES string of the molecule is Cc1ccccc1C(C)OC(=O)Nc1ocnc1C#Cc1nc2nc(C3(C(=O)O)CC3)sc2s1. The van der Waals surface area contributed by atoms with Gasteiger partial charge in [0, 0.05) is 0 Å². The number of amides is 1. The molecule has 2 N–H and O–H groups in total. The summed E-state index contributed by atoms with van der Waals surface area (Å²) in [6.07, 6.45) is 1.25. The summed E-state index contributed by atoms with van der Waals surface area (Å²) in [5.74, 6) is 4.97. The molecule has 1 saturated carbocycles. The van der Waals surface area contributed by atoms with Gasteiger partial charge in [-0.05, 0) is 49.7 Å². The number of hydrogen-bond acceptors (Lipinski definition) is 9. The average Bonchev–Trinajstić information content (AvgIpc) is 3.12. The van der Waals surface area contributed by atoms with Crippen molar-refractivity contribution in [3.8, 4) is 11.8 Å². The highest BCUT2D eigenvalue weighted by atomic mass is 32.2. The summed E-state index contributed by atoms with van der Waals surface area (Å²) >= 11 is 2.67. The first-order chi connectivity index (χ1) is 16.4. The lowest BCUT2D eigenvalue weighted by atomic mass is 10.1. The standard InChI is InChI=1S/C23H18N4O5S2/c1-12-5-3-4-6-14(12)13(2)32-22(30)27-18-15(24-11-31-18)7-8-16-25-17-19(33-16)34-20(26-17)23(9-10-23)21(28)29/h3-6,11,13H,9-10H2,1-2H3,(H,27,30)(H,28,29). The maximum absolute atomic E-state index is 12.4. The maximum atomic E-state index is 12.4. The van der Waals surface area contributed by atoms with Gasteiger partial charge in [-0.25, -0.2) is 19.7 Å². The first-order valence-corrected chi connectivity index (χ1v) is 12.0. The molecule has 1 aliphatic carbocycles. The number of hydrogen-bond donors (Lipinski definition) is 2. The van der Waals surface area contributed by atoms with Crippen LogP contribution in [0.2, 0.25) is 0 Å². The van der Waals surface area contributed by atoms with Crippen molar-refractivity contribution >= 4 is 50.3 Å². The van der Waals surface area contributed by atoms with E-state index in [0.29, 0.717) is 28.5 Å². The fourth-order valence-electron chi connectivity index (χ4n) is 3.47. The van der Waals surface area contributed by atoms with E-state index < -0.39 is 23.6 Å². The number of oxazole rings is 1. The first-order valence-electron chi connectivity index (χ1n) is 10.4. The monoisotopic (exact) mass is 494 g/mol. The summed E-state index contributed by atoms with van der Waals surface area (Å²) in [4.78, 5) is 36.7. The van der Waals surface area contributed by atoms with Crippen LogP contribution in [0.4, 0.5) is 10.7 Å². The quantitative estimate of drug-likeness (QED) is 0.376. The van der Waals surface area contributed by atoms with Gasteiger partial charge < -0.3 is 14.3 Å². The third kappa shape index (κ3) is 4.13. The molecule has 0 spiro atoms. The molecule has 0 aliphatic heterocycles. The van der Waals surface area contributed by atoms with Crippen molar-refractivity contribution in [2.45, 2.75) is 38.2 Å². The molecule has 3 heterocycles. The third-order valence-corrected chi connectivity index (χ3v) is 7.82. The molecule has 1 unspecified atom stereocenters. The van der Waals surface area contributed by atoms with Gasteiger partial charge in [0.2, 0.25) is 5.88 Å². The van der Waals surface area contributed by atoms with Crippen LogP contribution >= 0.6 is 22.7 Å². The molecule has 1 fully saturated rings. The molecule has 9 nitrogen and oxygen atoms in total. The Hall–Kier alpha value is -3.75. The number of aryl methyl sites for hydroxylation is 1. The summed E-state index contributed by atoms with van der Waals surface area (Å²) in [6.45, 7) is 3.74. The predicted octanol–water partition coefficient (Wildman–Crippen LogP) is 4.87. The van der Waals surface area contributed by atoms with E-state index in [1.54, 1.807) is 6.92 Å². The fraction of sp³-hybridized carbons (Fsp3) is 0.261. The van der Waals surface area contributed by atoms with Gasteiger partial charge in [0.05, 0.1) is 0 Å². The summed E-state index contributed by atoms with van der Waals surface area (Å²) < 4.78 is 11.5. The van der Waals surface area contributed by atoms with Gasteiger partial charge in [-0.3, -0.25) is 10.1 Å². The molecule has 5 rings (SSSR count). The second-order valence-corrected chi connectivity index (χ2v) is 10.1. The van der Waals surface area contributed by atoms with Crippen LogP contribution in [0, 0.1) is 18.8 Å². The number of fused-ring (bicyclic) bond motifs is 1. The average molecular weight is 495 g/mol. The summed E-state index contributed by atoms with van der Waals surface area (Å²) in [5.41, 5.74) is 1.81. The van der Waals surface area contributed by atoms with Gasteiger partial charge in [0.1, 0.15) is 20.5 Å². The van der Waals surface area contributed by atoms with Gasteiger partial charge in [0.25, 0.3) is 0 Å². The molecule has 0 radical (unpaired) electrons. The molecule has 11 heteroatoms. The van der Waals surface area contributed by atoms with E-state index in [-0.39, 0.29) is 11.6 Å². The highest BCUT2D eigenvalue weighted by Crippen LogP contribution is 2.51. The van der Waals surface area contributed by atoms with E-state index >= 15 is 0 Å². The molecule has 1 atom stereocenters. The van der Waals surface area contributed by atoms with Crippen LogP contribution < -0.4 is 5.32 Å².